The summed E-state index contributed by atoms with van der Waals surface area (Å²) >= 11 is 0. The lowest BCUT2D eigenvalue weighted by Gasteiger charge is -2.25. The molecule has 0 spiro atoms. The maximum atomic E-state index is 5.54. The summed E-state index contributed by atoms with van der Waals surface area (Å²) in [6, 6.07) is 0. The molecule has 0 radical (unpaired) electrons. The molecule has 0 aliphatic carbocycles. The van der Waals surface area contributed by atoms with Gasteiger partial charge in [-0.25, -0.2) is 4.68 Å². The molecule has 2 rings (SSSR count). The first-order valence-corrected chi connectivity index (χ1v) is 5.77. The highest BCUT2D eigenvalue weighted by Crippen LogP contribution is 2.21. The summed E-state index contributed by atoms with van der Waals surface area (Å²) in [5.74, 6) is 0. The molecule has 1 aromatic heterocycles. The molecular weight excluding hydrogens is 218 g/mol. The number of hydrogen-bond acceptors (Lipinski definition) is 4. The van der Waals surface area contributed by atoms with Crippen molar-refractivity contribution in [2.75, 3.05) is 26.9 Å². The molecule has 17 heavy (non-hydrogen) atoms. The van der Waals surface area contributed by atoms with E-state index in [2.05, 4.69) is 17.0 Å². The summed E-state index contributed by atoms with van der Waals surface area (Å²) in [6.45, 7) is 6.68. The predicted octanol–water partition coefficient (Wildman–Crippen LogP) is 0.879. The van der Waals surface area contributed by atoms with Crippen molar-refractivity contribution < 1.29 is 9.47 Å². The number of ether oxygens (including phenoxy) is 2. The van der Waals surface area contributed by atoms with Crippen LogP contribution in [0.25, 0.3) is 6.20 Å². The average molecular weight is 237 g/mol. The number of nitrogens with zero attached hydrogens (tertiary/aromatic N) is 2. The van der Waals surface area contributed by atoms with Crippen LogP contribution in [0.5, 0.6) is 0 Å². The topological polar surface area (TPSA) is 48.3 Å². The van der Waals surface area contributed by atoms with Crippen LogP contribution in [0, 0.1) is 0 Å². The van der Waals surface area contributed by atoms with Gasteiger partial charge in [0.1, 0.15) is 5.60 Å². The molecule has 5 heteroatoms. The number of rotatable bonds is 6. The van der Waals surface area contributed by atoms with E-state index in [1.165, 1.54) is 0 Å². The van der Waals surface area contributed by atoms with E-state index < -0.39 is 0 Å². The van der Waals surface area contributed by atoms with Gasteiger partial charge in [0, 0.05) is 51.2 Å². The average Bonchev–Trinajstić information content (AvgIpc) is 2.98. The monoisotopic (exact) mass is 237 g/mol. The first-order chi connectivity index (χ1) is 8.28. The second kappa shape index (κ2) is 5.44. The maximum Gasteiger partial charge on any atom is 0.106 e. The summed E-state index contributed by atoms with van der Waals surface area (Å²) in [5.41, 5.74) is 0.976. The van der Waals surface area contributed by atoms with Crippen LogP contribution in [-0.4, -0.2) is 42.2 Å². The van der Waals surface area contributed by atoms with Crippen LogP contribution in [-0.2, 0) is 16.0 Å². The minimum Gasteiger partial charge on any atom is -0.378 e. The fraction of sp³-hybridized carbons (Fsp3) is 0.583. The fourth-order valence-corrected chi connectivity index (χ4v) is 1.96. The molecule has 5 nitrogen and oxygen atoms in total. The van der Waals surface area contributed by atoms with Gasteiger partial charge < -0.3 is 14.8 Å². The zero-order valence-electron chi connectivity index (χ0n) is 10.2. The quantitative estimate of drug-likeness (QED) is 0.798. The second-order valence-corrected chi connectivity index (χ2v) is 4.30. The number of nitrogens with one attached hydrogen (secondary N) is 1. The molecule has 0 aromatic carbocycles. The van der Waals surface area contributed by atoms with E-state index in [-0.39, 0.29) is 5.60 Å². The molecule has 1 aliphatic rings. The minimum atomic E-state index is -0.158. The smallest absolute Gasteiger partial charge is 0.106 e. The van der Waals surface area contributed by atoms with Gasteiger partial charge in [-0.1, -0.05) is 6.58 Å². The van der Waals surface area contributed by atoms with Crippen molar-refractivity contribution in [3.05, 3.63) is 24.5 Å². The maximum absolute atomic E-state index is 5.54. The first-order valence-electron chi connectivity index (χ1n) is 5.77. The molecule has 1 unspecified atom stereocenters. The first kappa shape index (κ1) is 12.3. The molecule has 1 atom stereocenters. The van der Waals surface area contributed by atoms with Gasteiger partial charge in [0.15, 0.2) is 0 Å². The number of aromatic nitrogens is 2. The second-order valence-electron chi connectivity index (χ2n) is 4.30. The lowest BCUT2D eigenvalue weighted by atomic mass is 10.0. The Hall–Kier alpha value is -1.17. The van der Waals surface area contributed by atoms with Crippen molar-refractivity contribution in [1.82, 2.24) is 15.1 Å². The van der Waals surface area contributed by atoms with Crippen LogP contribution in [0.3, 0.4) is 0 Å². The van der Waals surface area contributed by atoms with Crippen LogP contribution in [0.2, 0.25) is 0 Å². The standard InChI is InChI=1S/C12H19N3O2/c1-3-15-8-11(7-14-15)6-13-9-12(16-2)4-5-17-10-12/h3,7-8,13H,1,4-6,9-10H2,2H3. The van der Waals surface area contributed by atoms with Crippen molar-refractivity contribution in [2.45, 2.75) is 18.6 Å². The zero-order valence-corrected chi connectivity index (χ0v) is 10.2. The van der Waals surface area contributed by atoms with E-state index in [0.717, 1.165) is 31.7 Å². The molecule has 1 saturated heterocycles. The molecule has 94 valence electrons. The SMILES string of the molecule is C=Cn1cc(CNCC2(OC)CCOC2)cn1. The van der Waals surface area contributed by atoms with Gasteiger partial charge in [-0.15, -0.1) is 0 Å². The highest BCUT2D eigenvalue weighted by atomic mass is 16.5. The van der Waals surface area contributed by atoms with Gasteiger partial charge in [-0.3, -0.25) is 0 Å². The summed E-state index contributed by atoms with van der Waals surface area (Å²) in [7, 11) is 1.74. The molecule has 1 fully saturated rings. The molecule has 1 aliphatic heterocycles. The lowest BCUT2D eigenvalue weighted by molar-refractivity contribution is -0.0159. The highest BCUT2D eigenvalue weighted by Gasteiger charge is 2.34. The Balaban J connectivity index is 1.80. The molecule has 2 heterocycles. The van der Waals surface area contributed by atoms with Crippen molar-refractivity contribution in [1.29, 1.82) is 0 Å². The molecule has 1 N–H and O–H groups in total. The van der Waals surface area contributed by atoms with E-state index >= 15 is 0 Å². The number of hydrogen-bond donors (Lipinski definition) is 1. The van der Waals surface area contributed by atoms with Crippen molar-refractivity contribution in [3.8, 4) is 0 Å². The third-order valence-corrected chi connectivity index (χ3v) is 3.12. The Morgan fingerprint density at radius 3 is 3.24 bits per heavy atom. The Morgan fingerprint density at radius 2 is 2.65 bits per heavy atom. The van der Waals surface area contributed by atoms with Gasteiger partial charge >= 0.3 is 0 Å². The van der Waals surface area contributed by atoms with E-state index in [9.17, 15) is 0 Å². The minimum absolute atomic E-state index is 0.158. The van der Waals surface area contributed by atoms with Crippen LogP contribution in [0.15, 0.2) is 19.0 Å². The Morgan fingerprint density at radius 1 is 1.76 bits per heavy atom. The number of methoxy groups -OCH3 is 1. The van der Waals surface area contributed by atoms with Gasteiger partial charge in [0.25, 0.3) is 0 Å². The van der Waals surface area contributed by atoms with Crippen molar-refractivity contribution in [3.63, 3.8) is 0 Å². The van der Waals surface area contributed by atoms with E-state index in [1.54, 1.807) is 18.0 Å². The predicted molar refractivity (Wildman–Crippen MR) is 65.5 cm³/mol. The van der Waals surface area contributed by atoms with Crippen LogP contribution >= 0.6 is 0 Å². The largest absolute Gasteiger partial charge is 0.378 e. The van der Waals surface area contributed by atoms with Crippen LogP contribution in [0.1, 0.15) is 12.0 Å². The van der Waals surface area contributed by atoms with Gasteiger partial charge in [-0.05, 0) is 0 Å². The van der Waals surface area contributed by atoms with E-state index in [1.807, 2.05) is 12.4 Å². The fourth-order valence-electron chi connectivity index (χ4n) is 1.96. The third-order valence-electron chi connectivity index (χ3n) is 3.12. The molecule has 0 saturated carbocycles. The van der Waals surface area contributed by atoms with Gasteiger partial charge in [0.2, 0.25) is 0 Å². The Kier molecular flexibility index (Phi) is 3.93. The lowest BCUT2D eigenvalue weighted by Crippen LogP contribution is -2.42. The normalized spacial score (nSPS) is 24.1. The molecular formula is C12H19N3O2. The highest BCUT2D eigenvalue weighted by molar-refractivity contribution is 5.17. The van der Waals surface area contributed by atoms with Gasteiger partial charge in [-0.2, -0.15) is 5.10 Å². The summed E-state index contributed by atoms with van der Waals surface area (Å²) < 4.78 is 12.6. The van der Waals surface area contributed by atoms with E-state index in [4.69, 9.17) is 9.47 Å². The van der Waals surface area contributed by atoms with Crippen molar-refractivity contribution in [2.24, 2.45) is 0 Å². The van der Waals surface area contributed by atoms with Crippen LogP contribution < -0.4 is 5.32 Å². The summed E-state index contributed by atoms with van der Waals surface area (Å²) in [4.78, 5) is 0. The molecule has 0 amide bonds. The van der Waals surface area contributed by atoms with Crippen molar-refractivity contribution >= 4 is 6.20 Å². The van der Waals surface area contributed by atoms with Crippen LogP contribution in [0.4, 0.5) is 0 Å². The Labute approximate surface area is 101 Å². The Bertz CT molecular complexity index is 370. The molecule has 1 aromatic rings. The van der Waals surface area contributed by atoms with E-state index in [0.29, 0.717) is 6.61 Å². The van der Waals surface area contributed by atoms with Gasteiger partial charge in [0.05, 0.1) is 12.8 Å². The molecule has 0 bridgehead atoms. The third kappa shape index (κ3) is 2.94. The summed E-state index contributed by atoms with van der Waals surface area (Å²) in [6.07, 6.45) is 6.40. The summed E-state index contributed by atoms with van der Waals surface area (Å²) in [5, 5.41) is 7.51. The zero-order chi connectivity index (χ0) is 12.1.